The Morgan fingerprint density at radius 2 is 2.08 bits per heavy atom. The van der Waals surface area contributed by atoms with Crippen molar-refractivity contribution in [2.24, 2.45) is 0 Å². The van der Waals surface area contributed by atoms with Crippen LogP contribution in [0.15, 0.2) is 35.2 Å². The monoisotopic (exact) mass is 363 g/mol. The lowest BCUT2D eigenvalue weighted by Crippen LogP contribution is -2.20. The molecular formula is C18H21NO3S2. The van der Waals surface area contributed by atoms with E-state index in [1.807, 2.05) is 37.4 Å². The van der Waals surface area contributed by atoms with Crippen LogP contribution < -0.4 is 5.32 Å². The minimum atomic E-state index is -0.446. The highest BCUT2D eigenvalue weighted by molar-refractivity contribution is 7.98. The summed E-state index contributed by atoms with van der Waals surface area (Å²) in [4.78, 5) is 26.7. The fourth-order valence-electron chi connectivity index (χ4n) is 2.24. The van der Waals surface area contributed by atoms with Crippen molar-refractivity contribution in [2.45, 2.75) is 31.6 Å². The molecule has 0 spiro atoms. The molecule has 0 saturated heterocycles. The number of thiophene rings is 1. The van der Waals surface area contributed by atoms with E-state index in [2.05, 4.69) is 12.2 Å². The Morgan fingerprint density at radius 3 is 2.79 bits per heavy atom. The summed E-state index contributed by atoms with van der Waals surface area (Å²) in [6.45, 7) is 3.81. The Balaban J connectivity index is 1.88. The Morgan fingerprint density at radius 1 is 1.29 bits per heavy atom. The molecule has 0 aliphatic rings. The second-order valence-electron chi connectivity index (χ2n) is 5.30. The number of anilines is 1. The van der Waals surface area contributed by atoms with Gasteiger partial charge in [-0.25, -0.2) is 4.79 Å². The van der Waals surface area contributed by atoms with Gasteiger partial charge in [0.15, 0.2) is 6.61 Å². The van der Waals surface area contributed by atoms with Crippen LogP contribution in [-0.2, 0) is 16.0 Å². The van der Waals surface area contributed by atoms with Crippen LogP contribution in [0.1, 0.15) is 33.5 Å². The number of rotatable bonds is 7. The van der Waals surface area contributed by atoms with Crippen LogP contribution in [0.25, 0.3) is 0 Å². The quantitative estimate of drug-likeness (QED) is 0.580. The van der Waals surface area contributed by atoms with Crippen molar-refractivity contribution in [3.63, 3.8) is 0 Å². The Bertz CT molecular complexity index is 725. The minimum Gasteiger partial charge on any atom is -0.451 e. The number of esters is 1. The van der Waals surface area contributed by atoms with Gasteiger partial charge in [-0.1, -0.05) is 19.4 Å². The van der Waals surface area contributed by atoms with Gasteiger partial charge in [-0.2, -0.15) is 0 Å². The minimum absolute atomic E-state index is 0.289. The number of carbonyl (C=O) groups excluding carboxylic acids is 2. The van der Waals surface area contributed by atoms with E-state index < -0.39 is 5.97 Å². The molecule has 0 bridgehead atoms. The van der Waals surface area contributed by atoms with Crippen molar-refractivity contribution < 1.29 is 14.3 Å². The highest BCUT2D eigenvalue weighted by Crippen LogP contribution is 2.23. The SMILES string of the molecule is CCCc1cc(C(=O)OCC(=O)Nc2cccc(SC)c2)sc1C. The van der Waals surface area contributed by atoms with E-state index in [0.29, 0.717) is 10.6 Å². The molecule has 24 heavy (non-hydrogen) atoms. The second-order valence-corrected chi connectivity index (χ2v) is 7.43. The molecule has 2 rings (SSSR count). The fourth-order valence-corrected chi connectivity index (χ4v) is 3.66. The third kappa shape index (κ3) is 5.11. The zero-order valence-corrected chi connectivity index (χ0v) is 15.7. The summed E-state index contributed by atoms with van der Waals surface area (Å²) in [5, 5.41) is 2.73. The summed E-state index contributed by atoms with van der Waals surface area (Å²) in [5.74, 6) is -0.790. The standard InChI is InChI=1S/C18H21NO3S2/c1-4-6-13-9-16(24-12(13)2)18(21)22-11-17(20)19-14-7-5-8-15(10-14)23-3/h5,7-10H,4,6,11H2,1-3H3,(H,19,20). The van der Waals surface area contributed by atoms with E-state index in [0.717, 1.165) is 22.6 Å². The molecule has 1 amide bonds. The highest BCUT2D eigenvalue weighted by atomic mass is 32.2. The maximum Gasteiger partial charge on any atom is 0.348 e. The molecule has 0 saturated carbocycles. The van der Waals surface area contributed by atoms with Crippen LogP contribution in [-0.4, -0.2) is 24.7 Å². The first-order valence-electron chi connectivity index (χ1n) is 7.73. The van der Waals surface area contributed by atoms with Gasteiger partial charge in [0, 0.05) is 15.5 Å². The van der Waals surface area contributed by atoms with Crippen molar-refractivity contribution in [3.8, 4) is 0 Å². The Labute approximate surface area is 150 Å². The molecule has 2 aromatic rings. The van der Waals surface area contributed by atoms with Gasteiger partial charge in [-0.15, -0.1) is 23.1 Å². The number of thioether (sulfide) groups is 1. The van der Waals surface area contributed by atoms with Crippen molar-refractivity contribution in [1.29, 1.82) is 0 Å². The fraction of sp³-hybridized carbons (Fsp3) is 0.333. The molecule has 1 aromatic carbocycles. The van der Waals surface area contributed by atoms with Crippen LogP contribution in [0.3, 0.4) is 0 Å². The van der Waals surface area contributed by atoms with Gasteiger partial charge in [0.25, 0.3) is 5.91 Å². The molecule has 0 unspecified atom stereocenters. The predicted molar refractivity (Wildman–Crippen MR) is 100 cm³/mol. The molecule has 6 heteroatoms. The number of aryl methyl sites for hydroxylation is 2. The summed E-state index contributed by atoms with van der Waals surface area (Å²) in [7, 11) is 0. The predicted octanol–water partition coefficient (Wildman–Crippen LogP) is 4.53. The zero-order chi connectivity index (χ0) is 17.5. The van der Waals surface area contributed by atoms with E-state index in [4.69, 9.17) is 4.74 Å². The van der Waals surface area contributed by atoms with Gasteiger partial charge in [0.1, 0.15) is 4.88 Å². The molecule has 0 radical (unpaired) electrons. The average molecular weight is 364 g/mol. The number of carbonyl (C=O) groups is 2. The van der Waals surface area contributed by atoms with Crippen LogP contribution >= 0.6 is 23.1 Å². The third-order valence-corrected chi connectivity index (χ3v) is 5.23. The molecule has 0 aliphatic heterocycles. The summed E-state index contributed by atoms with van der Waals surface area (Å²) < 4.78 is 5.12. The molecule has 1 heterocycles. The summed E-state index contributed by atoms with van der Waals surface area (Å²) >= 11 is 3.01. The number of hydrogen-bond acceptors (Lipinski definition) is 5. The third-order valence-electron chi connectivity index (χ3n) is 3.43. The lowest BCUT2D eigenvalue weighted by atomic mass is 10.1. The van der Waals surface area contributed by atoms with E-state index >= 15 is 0 Å². The lowest BCUT2D eigenvalue weighted by Gasteiger charge is -2.07. The first kappa shape index (κ1) is 18.5. The topological polar surface area (TPSA) is 55.4 Å². The summed E-state index contributed by atoms with van der Waals surface area (Å²) in [5.41, 5.74) is 1.87. The number of ether oxygens (including phenoxy) is 1. The van der Waals surface area contributed by atoms with Gasteiger partial charge >= 0.3 is 5.97 Å². The maximum absolute atomic E-state index is 12.1. The largest absolute Gasteiger partial charge is 0.451 e. The first-order valence-corrected chi connectivity index (χ1v) is 9.78. The van der Waals surface area contributed by atoms with E-state index in [1.165, 1.54) is 16.9 Å². The normalized spacial score (nSPS) is 10.5. The van der Waals surface area contributed by atoms with Gasteiger partial charge in [0.2, 0.25) is 0 Å². The average Bonchev–Trinajstić information content (AvgIpc) is 2.94. The first-order chi connectivity index (χ1) is 11.5. The molecule has 1 aromatic heterocycles. The molecule has 4 nitrogen and oxygen atoms in total. The number of benzene rings is 1. The number of hydrogen-bond donors (Lipinski definition) is 1. The van der Waals surface area contributed by atoms with Crippen molar-refractivity contribution in [1.82, 2.24) is 0 Å². The molecule has 0 fully saturated rings. The van der Waals surface area contributed by atoms with Gasteiger partial charge in [-0.05, 0) is 49.4 Å². The molecule has 128 valence electrons. The Hall–Kier alpha value is -1.79. The molecule has 0 atom stereocenters. The van der Waals surface area contributed by atoms with Crippen LogP contribution in [0.4, 0.5) is 5.69 Å². The molecule has 1 N–H and O–H groups in total. The highest BCUT2D eigenvalue weighted by Gasteiger charge is 2.15. The number of nitrogens with one attached hydrogen (secondary N) is 1. The van der Waals surface area contributed by atoms with Crippen molar-refractivity contribution in [2.75, 3.05) is 18.2 Å². The van der Waals surface area contributed by atoms with Gasteiger partial charge in [0.05, 0.1) is 0 Å². The second kappa shape index (κ2) is 8.89. The van der Waals surface area contributed by atoms with Crippen LogP contribution in [0, 0.1) is 6.92 Å². The van der Waals surface area contributed by atoms with Crippen molar-refractivity contribution >= 4 is 40.7 Å². The van der Waals surface area contributed by atoms with Gasteiger partial charge in [-0.3, -0.25) is 4.79 Å². The van der Waals surface area contributed by atoms with E-state index in [-0.39, 0.29) is 12.5 Å². The van der Waals surface area contributed by atoms with Crippen LogP contribution in [0.2, 0.25) is 0 Å². The molecule has 0 aliphatic carbocycles. The smallest absolute Gasteiger partial charge is 0.348 e. The Kier molecular flexibility index (Phi) is 6.87. The maximum atomic E-state index is 12.1. The summed E-state index contributed by atoms with van der Waals surface area (Å²) in [6.07, 6.45) is 3.95. The van der Waals surface area contributed by atoms with Gasteiger partial charge < -0.3 is 10.1 Å². The van der Waals surface area contributed by atoms with E-state index in [1.54, 1.807) is 17.8 Å². The summed E-state index contributed by atoms with van der Waals surface area (Å²) in [6, 6.07) is 9.39. The lowest BCUT2D eigenvalue weighted by molar-refractivity contribution is -0.119. The van der Waals surface area contributed by atoms with Crippen molar-refractivity contribution in [3.05, 3.63) is 45.6 Å². The molecular weight excluding hydrogens is 342 g/mol. The number of amides is 1. The zero-order valence-electron chi connectivity index (χ0n) is 14.0. The van der Waals surface area contributed by atoms with Crippen LogP contribution in [0.5, 0.6) is 0 Å². The van der Waals surface area contributed by atoms with E-state index in [9.17, 15) is 9.59 Å².